The van der Waals surface area contributed by atoms with E-state index < -0.39 is 5.97 Å². The van der Waals surface area contributed by atoms with Gasteiger partial charge in [-0.15, -0.1) is 0 Å². The molecule has 1 aromatic heterocycles. The Morgan fingerprint density at radius 1 is 1.16 bits per heavy atom. The first-order valence-electron chi connectivity index (χ1n) is 5.45. The molecule has 19 heavy (non-hydrogen) atoms. The molecule has 1 heterocycles. The lowest BCUT2D eigenvalue weighted by atomic mass is 10.1. The fourth-order valence-electron chi connectivity index (χ4n) is 1.85. The number of benzene rings is 1. The number of carboxylic acid groups (broad SMARTS) is 1. The van der Waals surface area contributed by atoms with Gasteiger partial charge in [0.05, 0.1) is 21.3 Å². The van der Waals surface area contributed by atoms with Crippen LogP contribution in [0.3, 0.4) is 0 Å². The number of pyridine rings is 1. The Morgan fingerprint density at radius 3 is 2.42 bits per heavy atom. The number of aromatic nitrogens is 1. The van der Waals surface area contributed by atoms with Crippen LogP contribution in [0, 0.1) is 0 Å². The van der Waals surface area contributed by atoms with E-state index in [1.54, 1.807) is 12.1 Å². The number of methoxy groups -OCH3 is 3. The molecule has 0 spiro atoms. The number of nitrogens with zero attached hydrogens (tertiary/aromatic N) is 1. The minimum atomic E-state index is -1.10. The van der Waals surface area contributed by atoms with Crippen LogP contribution in [0.25, 0.3) is 10.9 Å². The first kappa shape index (κ1) is 12.9. The van der Waals surface area contributed by atoms with E-state index in [4.69, 9.17) is 19.3 Å². The molecule has 0 aliphatic rings. The molecule has 6 nitrogen and oxygen atoms in total. The van der Waals surface area contributed by atoms with Crippen LogP contribution >= 0.6 is 0 Å². The molecule has 100 valence electrons. The Labute approximate surface area is 109 Å². The van der Waals surface area contributed by atoms with E-state index in [1.165, 1.54) is 27.4 Å². The zero-order valence-electron chi connectivity index (χ0n) is 10.8. The second-order valence-electron chi connectivity index (χ2n) is 3.72. The summed E-state index contributed by atoms with van der Waals surface area (Å²) < 4.78 is 15.4. The van der Waals surface area contributed by atoms with E-state index in [0.717, 1.165) is 0 Å². The summed E-state index contributed by atoms with van der Waals surface area (Å²) in [5.74, 6) is -0.101. The summed E-state index contributed by atoms with van der Waals surface area (Å²) in [5.41, 5.74) is 0.492. The topological polar surface area (TPSA) is 77.9 Å². The Hall–Kier alpha value is -2.50. The monoisotopic (exact) mass is 263 g/mol. The van der Waals surface area contributed by atoms with Crippen molar-refractivity contribution in [2.45, 2.75) is 0 Å². The minimum Gasteiger partial charge on any atom is -0.493 e. The van der Waals surface area contributed by atoms with Crippen LogP contribution < -0.4 is 14.2 Å². The van der Waals surface area contributed by atoms with Crippen molar-refractivity contribution < 1.29 is 24.1 Å². The van der Waals surface area contributed by atoms with Gasteiger partial charge in [0.2, 0.25) is 5.88 Å². The van der Waals surface area contributed by atoms with Gasteiger partial charge in [0.25, 0.3) is 0 Å². The van der Waals surface area contributed by atoms with Crippen LogP contribution in [0.1, 0.15) is 10.4 Å². The van der Waals surface area contributed by atoms with Crippen molar-refractivity contribution >= 4 is 16.9 Å². The normalized spacial score (nSPS) is 10.3. The molecular weight excluding hydrogens is 250 g/mol. The average molecular weight is 263 g/mol. The molecule has 0 fully saturated rings. The van der Waals surface area contributed by atoms with Crippen molar-refractivity contribution in [3.63, 3.8) is 0 Å². The molecule has 0 bridgehead atoms. The molecule has 0 unspecified atom stereocenters. The van der Waals surface area contributed by atoms with Crippen LogP contribution in [-0.2, 0) is 0 Å². The van der Waals surface area contributed by atoms with Crippen molar-refractivity contribution in [2.24, 2.45) is 0 Å². The van der Waals surface area contributed by atoms with E-state index in [0.29, 0.717) is 22.4 Å². The number of carboxylic acids is 1. The Morgan fingerprint density at radius 2 is 1.89 bits per heavy atom. The summed E-state index contributed by atoms with van der Waals surface area (Å²) in [4.78, 5) is 15.3. The second kappa shape index (κ2) is 5.01. The van der Waals surface area contributed by atoms with Crippen LogP contribution in [-0.4, -0.2) is 37.4 Å². The summed E-state index contributed by atoms with van der Waals surface area (Å²) in [6, 6.07) is 4.90. The minimum absolute atomic E-state index is 0.00206. The van der Waals surface area contributed by atoms with Gasteiger partial charge in [-0.05, 0) is 18.2 Å². The summed E-state index contributed by atoms with van der Waals surface area (Å²) >= 11 is 0. The van der Waals surface area contributed by atoms with Gasteiger partial charge in [-0.2, -0.15) is 0 Å². The van der Waals surface area contributed by atoms with Gasteiger partial charge in [-0.1, -0.05) is 0 Å². The van der Waals surface area contributed by atoms with Crippen LogP contribution in [0.5, 0.6) is 17.4 Å². The smallest absolute Gasteiger partial charge is 0.341 e. The van der Waals surface area contributed by atoms with Gasteiger partial charge < -0.3 is 19.3 Å². The SMILES string of the molecule is COc1ccc2cc(C(=O)O)c(OC)nc2c1OC. The number of ether oxygens (including phenoxy) is 3. The van der Waals surface area contributed by atoms with Crippen molar-refractivity contribution in [1.29, 1.82) is 0 Å². The molecule has 1 aromatic carbocycles. The zero-order chi connectivity index (χ0) is 14.0. The highest BCUT2D eigenvalue weighted by atomic mass is 16.5. The molecule has 0 saturated heterocycles. The lowest BCUT2D eigenvalue weighted by Crippen LogP contribution is -2.03. The standard InChI is InChI=1S/C13H13NO5/c1-17-9-5-4-7-6-8(13(15)16)12(19-3)14-10(7)11(9)18-2/h4-6H,1-3H3,(H,15,16). The summed E-state index contributed by atoms with van der Waals surface area (Å²) in [6.45, 7) is 0. The van der Waals surface area contributed by atoms with Crippen molar-refractivity contribution in [3.8, 4) is 17.4 Å². The number of hydrogen-bond acceptors (Lipinski definition) is 5. The third-order valence-corrected chi connectivity index (χ3v) is 2.72. The molecule has 0 aliphatic heterocycles. The van der Waals surface area contributed by atoms with E-state index >= 15 is 0 Å². The average Bonchev–Trinajstić information content (AvgIpc) is 2.44. The predicted molar refractivity (Wildman–Crippen MR) is 68.4 cm³/mol. The second-order valence-corrected chi connectivity index (χ2v) is 3.72. The number of aromatic carboxylic acids is 1. The highest BCUT2D eigenvalue weighted by Gasteiger charge is 2.18. The van der Waals surface area contributed by atoms with Gasteiger partial charge in [0.1, 0.15) is 11.1 Å². The van der Waals surface area contributed by atoms with E-state index in [2.05, 4.69) is 4.98 Å². The van der Waals surface area contributed by atoms with E-state index in [1.807, 2.05) is 0 Å². The molecule has 2 rings (SSSR count). The summed E-state index contributed by atoms with van der Waals surface area (Å²) in [7, 11) is 4.39. The highest BCUT2D eigenvalue weighted by molar-refractivity contribution is 5.97. The molecule has 0 aliphatic carbocycles. The maximum Gasteiger partial charge on any atom is 0.341 e. The molecule has 6 heteroatoms. The van der Waals surface area contributed by atoms with Crippen LogP contribution in [0.2, 0.25) is 0 Å². The lowest BCUT2D eigenvalue weighted by molar-refractivity contribution is 0.0692. The Kier molecular flexibility index (Phi) is 3.41. The summed E-state index contributed by atoms with van der Waals surface area (Å²) in [6.07, 6.45) is 0. The van der Waals surface area contributed by atoms with Crippen molar-refractivity contribution in [3.05, 3.63) is 23.8 Å². The molecule has 0 amide bonds. The van der Waals surface area contributed by atoms with Crippen molar-refractivity contribution in [1.82, 2.24) is 4.98 Å². The van der Waals surface area contributed by atoms with E-state index in [9.17, 15) is 4.79 Å². The molecule has 0 saturated carbocycles. The van der Waals surface area contributed by atoms with Gasteiger partial charge in [0.15, 0.2) is 11.5 Å². The number of carbonyl (C=O) groups is 1. The number of hydrogen-bond donors (Lipinski definition) is 1. The van der Waals surface area contributed by atoms with Gasteiger partial charge in [0, 0.05) is 5.39 Å². The Balaban J connectivity index is 2.80. The quantitative estimate of drug-likeness (QED) is 0.908. The Bertz CT molecular complexity index is 638. The first-order valence-corrected chi connectivity index (χ1v) is 5.45. The first-order chi connectivity index (χ1) is 9.12. The molecule has 2 aromatic rings. The molecular formula is C13H13NO5. The van der Waals surface area contributed by atoms with Gasteiger partial charge in [-0.25, -0.2) is 9.78 Å². The fourth-order valence-corrected chi connectivity index (χ4v) is 1.85. The van der Waals surface area contributed by atoms with Gasteiger partial charge in [-0.3, -0.25) is 0 Å². The fraction of sp³-hybridized carbons (Fsp3) is 0.231. The van der Waals surface area contributed by atoms with Crippen LogP contribution in [0.4, 0.5) is 0 Å². The zero-order valence-corrected chi connectivity index (χ0v) is 10.8. The molecule has 1 N–H and O–H groups in total. The van der Waals surface area contributed by atoms with E-state index in [-0.39, 0.29) is 11.4 Å². The number of rotatable bonds is 4. The maximum absolute atomic E-state index is 11.1. The molecule has 0 radical (unpaired) electrons. The number of fused-ring (bicyclic) bond motifs is 1. The lowest BCUT2D eigenvalue weighted by Gasteiger charge is -2.12. The maximum atomic E-state index is 11.1. The highest BCUT2D eigenvalue weighted by Crippen LogP contribution is 2.36. The third-order valence-electron chi connectivity index (χ3n) is 2.72. The third kappa shape index (κ3) is 2.12. The largest absolute Gasteiger partial charge is 0.493 e. The summed E-state index contributed by atoms with van der Waals surface area (Å²) in [5, 5.41) is 9.74. The predicted octanol–water partition coefficient (Wildman–Crippen LogP) is 1.96. The molecule has 0 atom stereocenters. The van der Waals surface area contributed by atoms with Crippen LogP contribution in [0.15, 0.2) is 18.2 Å². The van der Waals surface area contributed by atoms with Gasteiger partial charge >= 0.3 is 5.97 Å². The van der Waals surface area contributed by atoms with Crippen molar-refractivity contribution in [2.75, 3.05) is 21.3 Å².